The van der Waals surface area contributed by atoms with Gasteiger partial charge >= 0.3 is 0 Å². The Bertz CT molecular complexity index is 702. The summed E-state index contributed by atoms with van der Waals surface area (Å²) in [5.41, 5.74) is 1.51. The van der Waals surface area contributed by atoms with E-state index in [2.05, 4.69) is 43.3 Å². The molecule has 1 aliphatic rings. The van der Waals surface area contributed by atoms with Crippen LogP contribution in [0.5, 0.6) is 0 Å². The lowest BCUT2D eigenvalue weighted by molar-refractivity contribution is -0.0829. The van der Waals surface area contributed by atoms with Crippen LogP contribution in [0.4, 0.5) is 4.39 Å². The van der Waals surface area contributed by atoms with Crippen LogP contribution in [0.3, 0.4) is 0 Å². The van der Waals surface area contributed by atoms with Crippen molar-refractivity contribution in [1.82, 2.24) is 4.90 Å². The van der Waals surface area contributed by atoms with E-state index in [0.29, 0.717) is 12.8 Å². The number of halogens is 1. The highest BCUT2D eigenvalue weighted by Crippen LogP contribution is 2.45. The molecule has 1 fully saturated rings. The molecule has 1 saturated carbocycles. The first kappa shape index (κ1) is 19.1. The Morgan fingerprint density at radius 2 is 1.88 bits per heavy atom. The predicted octanol–water partition coefficient (Wildman–Crippen LogP) is 4.98. The number of hydrogen-bond acceptors (Lipinski definition) is 2. The Kier molecular flexibility index (Phi) is 6.10. The van der Waals surface area contributed by atoms with E-state index in [-0.39, 0.29) is 17.8 Å². The molecule has 3 heteroatoms. The standard InChI is InChI=1S/C23H30FNO/c1-25(2)22(19-10-4-3-5-11-19)21-13-6-7-15-23(21,26)16-14-18-9-8-12-20(24)17-18/h3-5,8-12,17,21-22,26H,6-7,13-16H2,1-2H3. The van der Waals surface area contributed by atoms with E-state index in [1.807, 2.05) is 12.1 Å². The second-order valence-corrected chi connectivity index (χ2v) is 7.90. The molecule has 1 aliphatic carbocycles. The van der Waals surface area contributed by atoms with Crippen LogP contribution in [-0.2, 0) is 6.42 Å². The predicted molar refractivity (Wildman–Crippen MR) is 104 cm³/mol. The minimum atomic E-state index is -0.713. The van der Waals surface area contributed by atoms with Gasteiger partial charge in [0.2, 0.25) is 0 Å². The molecule has 0 spiro atoms. The van der Waals surface area contributed by atoms with Crippen molar-refractivity contribution in [3.05, 3.63) is 71.5 Å². The molecular formula is C23H30FNO. The molecule has 0 aliphatic heterocycles. The smallest absolute Gasteiger partial charge is 0.123 e. The van der Waals surface area contributed by atoms with Crippen molar-refractivity contribution in [2.45, 2.75) is 50.2 Å². The van der Waals surface area contributed by atoms with Gasteiger partial charge < -0.3 is 10.0 Å². The first-order valence-corrected chi connectivity index (χ1v) is 9.68. The molecular weight excluding hydrogens is 325 g/mol. The van der Waals surface area contributed by atoms with Crippen molar-refractivity contribution in [3.63, 3.8) is 0 Å². The van der Waals surface area contributed by atoms with Crippen LogP contribution in [0.1, 0.15) is 49.3 Å². The molecule has 3 rings (SSSR count). The molecule has 0 saturated heterocycles. The lowest BCUT2D eigenvalue weighted by Crippen LogP contribution is -2.47. The van der Waals surface area contributed by atoms with E-state index >= 15 is 0 Å². The third kappa shape index (κ3) is 4.33. The minimum absolute atomic E-state index is 0.183. The molecule has 1 N–H and O–H groups in total. The fourth-order valence-electron chi connectivity index (χ4n) is 4.61. The van der Waals surface area contributed by atoms with Crippen LogP contribution in [0.2, 0.25) is 0 Å². The van der Waals surface area contributed by atoms with Gasteiger partial charge in [-0.2, -0.15) is 0 Å². The summed E-state index contributed by atoms with van der Waals surface area (Å²) in [5.74, 6) is -0.0210. The Balaban J connectivity index is 1.83. The van der Waals surface area contributed by atoms with Gasteiger partial charge in [0.25, 0.3) is 0 Å². The zero-order valence-electron chi connectivity index (χ0n) is 15.9. The van der Waals surface area contributed by atoms with Crippen molar-refractivity contribution in [1.29, 1.82) is 0 Å². The fraction of sp³-hybridized carbons (Fsp3) is 0.478. The van der Waals surface area contributed by atoms with E-state index in [9.17, 15) is 9.50 Å². The van der Waals surface area contributed by atoms with Crippen LogP contribution in [0, 0.1) is 11.7 Å². The monoisotopic (exact) mass is 355 g/mol. The molecule has 0 aromatic heterocycles. The van der Waals surface area contributed by atoms with Gasteiger partial charge in [-0.1, -0.05) is 55.3 Å². The van der Waals surface area contributed by atoms with E-state index < -0.39 is 5.60 Å². The summed E-state index contributed by atoms with van der Waals surface area (Å²) < 4.78 is 13.5. The summed E-state index contributed by atoms with van der Waals surface area (Å²) in [6.07, 6.45) is 5.45. The molecule has 2 nitrogen and oxygen atoms in total. The maximum Gasteiger partial charge on any atom is 0.123 e. The molecule has 3 unspecified atom stereocenters. The van der Waals surface area contributed by atoms with Gasteiger partial charge in [0, 0.05) is 12.0 Å². The lowest BCUT2D eigenvalue weighted by atomic mass is 9.67. The molecule has 0 radical (unpaired) electrons. The zero-order valence-corrected chi connectivity index (χ0v) is 15.9. The van der Waals surface area contributed by atoms with E-state index in [1.165, 1.54) is 11.6 Å². The quantitative estimate of drug-likeness (QED) is 0.790. The van der Waals surface area contributed by atoms with Crippen LogP contribution in [-0.4, -0.2) is 29.7 Å². The molecule has 26 heavy (non-hydrogen) atoms. The molecule has 2 aromatic rings. The van der Waals surface area contributed by atoms with Crippen LogP contribution < -0.4 is 0 Å². The summed E-state index contributed by atoms with van der Waals surface area (Å²) >= 11 is 0. The fourth-order valence-corrected chi connectivity index (χ4v) is 4.61. The zero-order chi connectivity index (χ0) is 18.6. The minimum Gasteiger partial charge on any atom is -0.390 e. The highest BCUT2D eigenvalue weighted by atomic mass is 19.1. The van der Waals surface area contributed by atoms with Crippen molar-refractivity contribution in [2.24, 2.45) is 5.92 Å². The van der Waals surface area contributed by atoms with Crippen molar-refractivity contribution in [3.8, 4) is 0 Å². The van der Waals surface area contributed by atoms with Crippen molar-refractivity contribution in [2.75, 3.05) is 14.1 Å². The summed E-state index contributed by atoms with van der Waals surface area (Å²) in [7, 11) is 4.19. The van der Waals surface area contributed by atoms with Gasteiger partial charge in [-0.05, 0) is 63.0 Å². The van der Waals surface area contributed by atoms with Crippen LogP contribution >= 0.6 is 0 Å². The van der Waals surface area contributed by atoms with E-state index in [4.69, 9.17) is 0 Å². The lowest BCUT2D eigenvalue weighted by Gasteiger charge is -2.46. The number of hydrogen-bond donors (Lipinski definition) is 1. The van der Waals surface area contributed by atoms with Gasteiger partial charge in [-0.3, -0.25) is 0 Å². The summed E-state index contributed by atoms with van der Waals surface area (Å²) in [5, 5.41) is 11.6. The van der Waals surface area contributed by atoms with Gasteiger partial charge in [-0.25, -0.2) is 4.39 Å². The van der Waals surface area contributed by atoms with E-state index in [0.717, 1.165) is 31.2 Å². The maximum absolute atomic E-state index is 13.5. The molecule has 2 aromatic carbocycles. The molecule has 3 atom stereocenters. The highest BCUT2D eigenvalue weighted by molar-refractivity contribution is 5.22. The van der Waals surface area contributed by atoms with Crippen molar-refractivity contribution >= 4 is 0 Å². The van der Waals surface area contributed by atoms with Gasteiger partial charge in [0.15, 0.2) is 0 Å². The van der Waals surface area contributed by atoms with Gasteiger partial charge in [-0.15, -0.1) is 0 Å². The Morgan fingerprint density at radius 1 is 1.12 bits per heavy atom. The SMILES string of the molecule is CN(C)C(c1ccccc1)C1CCCCC1(O)CCc1cccc(F)c1. The Hall–Kier alpha value is -1.71. The summed E-state index contributed by atoms with van der Waals surface area (Å²) in [4.78, 5) is 2.23. The van der Waals surface area contributed by atoms with Crippen molar-refractivity contribution < 1.29 is 9.50 Å². The average molecular weight is 355 g/mol. The normalized spacial score (nSPS) is 24.6. The molecule has 0 heterocycles. The number of rotatable bonds is 6. The third-order valence-electron chi connectivity index (χ3n) is 5.88. The van der Waals surface area contributed by atoms with Gasteiger partial charge in [0.1, 0.15) is 5.82 Å². The van der Waals surface area contributed by atoms with E-state index in [1.54, 1.807) is 12.1 Å². The summed E-state index contributed by atoms with van der Waals surface area (Å²) in [6.45, 7) is 0. The topological polar surface area (TPSA) is 23.5 Å². The first-order valence-electron chi connectivity index (χ1n) is 9.68. The molecule has 0 bridgehead atoms. The number of aliphatic hydroxyl groups is 1. The maximum atomic E-state index is 13.5. The Morgan fingerprint density at radius 3 is 2.58 bits per heavy atom. The van der Waals surface area contributed by atoms with Gasteiger partial charge in [0.05, 0.1) is 5.60 Å². The Labute approximate surface area is 156 Å². The summed E-state index contributed by atoms with van der Waals surface area (Å²) in [6, 6.07) is 17.4. The first-order chi connectivity index (χ1) is 12.5. The molecule has 0 amide bonds. The van der Waals surface area contributed by atoms with Crippen LogP contribution in [0.25, 0.3) is 0 Å². The number of nitrogens with zero attached hydrogens (tertiary/aromatic N) is 1. The number of benzene rings is 2. The highest BCUT2D eigenvalue weighted by Gasteiger charge is 2.43. The van der Waals surface area contributed by atoms with Crippen LogP contribution in [0.15, 0.2) is 54.6 Å². The largest absolute Gasteiger partial charge is 0.390 e. The molecule has 140 valence electrons. The number of aryl methyl sites for hydroxylation is 1. The third-order valence-corrected chi connectivity index (χ3v) is 5.88. The average Bonchev–Trinajstić information content (AvgIpc) is 2.63. The second kappa shape index (κ2) is 8.32. The second-order valence-electron chi connectivity index (χ2n) is 7.90.